The molecule has 0 saturated carbocycles. The fourth-order valence-electron chi connectivity index (χ4n) is 5.55. The number of nitrogens with zero attached hydrogens (tertiary/aromatic N) is 4. The summed E-state index contributed by atoms with van der Waals surface area (Å²) >= 11 is 0. The van der Waals surface area contributed by atoms with Crippen molar-refractivity contribution in [1.29, 1.82) is 0 Å². The van der Waals surface area contributed by atoms with Crippen LogP contribution in [0, 0.1) is 5.82 Å². The highest BCUT2D eigenvalue weighted by Crippen LogP contribution is 2.32. The summed E-state index contributed by atoms with van der Waals surface area (Å²) in [5.74, 6) is 0.0779. The summed E-state index contributed by atoms with van der Waals surface area (Å²) in [6.45, 7) is 13.2. The number of aliphatic hydroxyl groups is 1. The van der Waals surface area contributed by atoms with Crippen molar-refractivity contribution in [3.8, 4) is 11.1 Å². The lowest BCUT2D eigenvalue weighted by Crippen LogP contribution is -2.59. The molecule has 1 atom stereocenters. The Morgan fingerprint density at radius 2 is 2.00 bits per heavy atom. The smallest absolute Gasteiger partial charge is 0.274 e. The van der Waals surface area contributed by atoms with Gasteiger partial charge in [0, 0.05) is 74.5 Å². The highest BCUT2D eigenvalue weighted by molar-refractivity contribution is 5.76. The van der Waals surface area contributed by atoms with E-state index in [0.29, 0.717) is 59.1 Å². The van der Waals surface area contributed by atoms with Gasteiger partial charge in [0.25, 0.3) is 5.56 Å². The van der Waals surface area contributed by atoms with E-state index in [0.717, 1.165) is 44.2 Å². The Kier molecular flexibility index (Phi) is 9.10. The van der Waals surface area contributed by atoms with Crippen molar-refractivity contribution in [2.45, 2.75) is 32.5 Å². The number of hydrogen-bond donors (Lipinski definition) is 4. The topological polar surface area (TPSA) is 107 Å². The molecule has 10 nitrogen and oxygen atoms in total. The molecule has 4 N–H and O–H groups in total. The Hall–Kier alpha value is -3.93. The second-order valence-electron chi connectivity index (χ2n) is 11.1. The molecular weight excluding hydrogens is 537 g/mol. The van der Waals surface area contributed by atoms with E-state index in [1.807, 2.05) is 25.3 Å². The fourth-order valence-corrected chi connectivity index (χ4v) is 5.55. The average Bonchev–Trinajstić information content (AvgIpc) is 2.93. The highest BCUT2D eigenvalue weighted by Gasteiger charge is 2.32. The lowest BCUT2D eigenvalue weighted by Gasteiger charge is -2.46. The van der Waals surface area contributed by atoms with Gasteiger partial charge in [-0.25, -0.2) is 9.37 Å². The zero-order valence-corrected chi connectivity index (χ0v) is 24.5. The maximum atomic E-state index is 14.7. The molecule has 1 aromatic carbocycles. The molecule has 3 aromatic rings. The summed E-state index contributed by atoms with van der Waals surface area (Å²) < 4.78 is 21.5. The molecule has 224 valence electrons. The molecule has 2 aliphatic rings. The van der Waals surface area contributed by atoms with E-state index in [2.05, 4.69) is 44.2 Å². The van der Waals surface area contributed by atoms with Crippen LogP contribution in [0.1, 0.15) is 19.4 Å². The van der Waals surface area contributed by atoms with Crippen molar-refractivity contribution < 1.29 is 14.2 Å². The number of ether oxygens (including phenoxy) is 1. The van der Waals surface area contributed by atoms with Crippen molar-refractivity contribution in [3.05, 3.63) is 76.7 Å². The molecular formula is C31H40FN7O3. The van der Waals surface area contributed by atoms with Gasteiger partial charge in [-0.05, 0) is 49.7 Å². The van der Waals surface area contributed by atoms with Gasteiger partial charge in [0.15, 0.2) is 0 Å². The molecule has 2 aliphatic heterocycles. The van der Waals surface area contributed by atoms with E-state index in [1.165, 1.54) is 16.7 Å². The molecule has 2 saturated heterocycles. The average molecular weight is 578 g/mol. The van der Waals surface area contributed by atoms with E-state index in [4.69, 9.17) is 4.74 Å². The first-order valence-electron chi connectivity index (χ1n) is 14.3. The number of piperazine rings is 1. The molecule has 0 bridgehead atoms. The number of benzene rings is 1. The van der Waals surface area contributed by atoms with Gasteiger partial charge in [-0.15, -0.1) is 0 Å². The van der Waals surface area contributed by atoms with Crippen molar-refractivity contribution in [2.24, 2.45) is 7.05 Å². The van der Waals surface area contributed by atoms with Gasteiger partial charge in [0.1, 0.15) is 17.3 Å². The van der Waals surface area contributed by atoms with Crippen LogP contribution < -0.4 is 26.4 Å². The number of nitrogens with one attached hydrogen (secondary N) is 3. The van der Waals surface area contributed by atoms with E-state index >= 15 is 0 Å². The Morgan fingerprint density at radius 1 is 1.19 bits per heavy atom. The molecule has 11 heteroatoms. The Morgan fingerprint density at radius 3 is 2.64 bits per heavy atom. The predicted octanol–water partition coefficient (Wildman–Crippen LogP) is 3.27. The number of anilines is 4. The van der Waals surface area contributed by atoms with Gasteiger partial charge in [-0.3, -0.25) is 9.69 Å². The van der Waals surface area contributed by atoms with Crippen molar-refractivity contribution in [2.75, 3.05) is 61.5 Å². The second-order valence-corrected chi connectivity index (χ2v) is 11.1. The molecule has 0 unspecified atom stereocenters. The van der Waals surface area contributed by atoms with Gasteiger partial charge in [-0.1, -0.05) is 6.58 Å². The highest BCUT2D eigenvalue weighted by atomic mass is 19.1. The number of rotatable bonds is 11. The molecule has 5 rings (SSSR count). The Bertz CT molecular complexity index is 1470. The quantitative estimate of drug-likeness (QED) is 0.256. The molecule has 2 aromatic heterocycles. The van der Waals surface area contributed by atoms with Gasteiger partial charge in [0.2, 0.25) is 0 Å². The lowest BCUT2D eigenvalue weighted by atomic mass is 9.99. The van der Waals surface area contributed by atoms with Crippen LogP contribution in [-0.2, 0) is 18.4 Å². The first kappa shape index (κ1) is 29.6. The molecule has 2 fully saturated rings. The zero-order valence-electron chi connectivity index (χ0n) is 24.5. The van der Waals surface area contributed by atoms with Crippen LogP contribution in [0.2, 0.25) is 0 Å². The van der Waals surface area contributed by atoms with Gasteiger partial charge >= 0.3 is 0 Å². The zero-order chi connectivity index (χ0) is 29.8. The lowest BCUT2D eigenvalue weighted by molar-refractivity contribution is -0.0691. The molecule has 42 heavy (non-hydrogen) atoms. The van der Waals surface area contributed by atoms with E-state index < -0.39 is 5.82 Å². The van der Waals surface area contributed by atoms with E-state index in [-0.39, 0.29) is 12.2 Å². The van der Waals surface area contributed by atoms with Crippen molar-refractivity contribution in [3.63, 3.8) is 0 Å². The van der Waals surface area contributed by atoms with Crippen LogP contribution in [0.4, 0.5) is 27.3 Å². The monoisotopic (exact) mass is 577 g/mol. The maximum Gasteiger partial charge on any atom is 0.274 e. The number of aryl methyl sites for hydroxylation is 1. The van der Waals surface area contributed by atoms with Crippen LogP contribution in [0.15, 0.2) is 59.8 Å². The molecule has 0 radical (unpaired) electrons. The molecule has 0 aliphatic carbocycles. The van der Waals surface area contributed by atoms with Crippen LogP contribution in [-0.4, -0.2) is 77.6 Å². The third-order valence-corrected chi connectivity index (χ3v) is 7.87. The normalized spacial score (nSPS) is 17.5. The number of aromatic nitrogens is 2. The van der Waals surface area contributed by atoms with E-state index in [1.54, 1.807) is 19.3 Å². The predicted molar refractivity (Wildman–Crippen MR) is 165 cm³/mol. The maximum absolute atomic E-state index is 14.7. The number of halogens is 1. The standard InChI is InChI=1S/C31H40FN7O3/c1-20(2)33-7-8-34-28-13-23(32)12-26(27(28)17-40)22-11-29(31(41)37(4)16-22)36-30-6-5-24(14-35-30)39-10-9-38(15-21(39)3)25-18-42-19-25/h5-6,11-14,16,21,25,33-34,40H,1,7-10,15,17-19H2,2-4H3,(H,35,36)/t21-/m0/s1. The minimum atomic E-state index is -0.450. The van der Waals surface area contributed by atoms with Gasteiger partial charge in [0.05, 0.1) is 37.7 Å². The summed E-state index contributed by atoms with van der Waals surface area (Å²) in [6.07, 6.45) is 3.47. The first-order chi connectivity index (χ1) is 20.2. The van der Waals surface area contributed by atoms with Crippen molar-refractivity contribution >= 4 is 22.9 Å². The number of hydrogen-bond acceptors (Lipinski definition) is 9. The number of allylic oxidation sites excluding steroid dienone is 1. The second kappa shape index (κ2) is 12.9. The summed E-state index contributed by atoms with van der Waals surface area (Å²) in [5.41, 5.74) is 4.04. The summed E-state index contributed by atoms with van der Waals surface area (Å²) in [5, 5.41) is 19.7. The number of aliphatic hydroxyl groups excluding tert-OH is 1. The molecule has 0 amide bonds. The Labute approximate surface area is 245 Å². The summed E-state index contributed by atoms with van der Waals surface area (Å²) in [6, 6.07) is 9.16. The molecule has 4 heterocycles. The summed E-state index contributed by atoms with van der Waals surface area (Å²) in [4.78, 5) is 22.5. The fraction of sp³-hybridized carbons (Fsp3) is 0.419. The minimum absolute atomic E-state index is 0.250. The van der Waals surface area contributed by atoms with E-state index in [9.17, 15) is 14.3 Å². The minimum Gasteiger partial charge on any atom is -0.392 e. The number of pyridine rings is 2. The van der Waals surface area contributed by atoms with Crippen LogP contribution in [0.25, 0.3) is 11.1 Å². The van der Waals surface area contributed by atoms with Crippen LogP contribution in [0.5, 0.6) is 0 Å². The third-order valence-electron chi connectivity index (χ3n) is 7.87. The Balaban J connectivity index is 1.34. The first-order valence-corrected chi connectivity index (χ1v) is 14.3. The van der Waals surface area contributed by atoms with Crippen LogP contribution >= 0.6 is 0 Å². The van der Waals surface area contributed by atoms with Gasteiger partial charge < -0.3 is 35.3 Å². The third kappa shape index (κ3) is 6.59. The van der Waals surface area contributed by atoms with Gasteiger partial charge in [-0.2, -0.15) is 0 Å². The van der Waals surface area contributed by atoms with Crippen molar-refractivity contribution in [1.82, 2.24) is 19.8 Å². The largest absolute Gasteiger partial charge is 0.392 e. The SMILES string of the molecule is C=C(C)NCCNc1cc(F)cc(-c2cc(Nc3ccc(N4CCN(C5COC5)C[C@@H]4C)cn3)c(=O)n(C)c2)c1CO. The summed E-state index contributed by atoms with van der Waals surface area (Å²) in [7, 11) is 1.64. The molecule has 0 spiro atoms. The van der Waals surface area contributed by atoms with Crippen LogP contribution in [0.3, 0.4) is 0 Å².